The van der Waals surface area contributed by atoms with Gasteiger partial charge >= 0.3 is 0 Å². The number of aryl methyl sites for hydroxylation is 2. The van der Waals surface area contributed by atoms with Crippen LogP contribution in [0.4, 0.5) is 0 Å². The summed E-state index contributed by atoms with van der Waals surface area (Å²) in [6, 6.07) is 6.60. The molecule has 82 valence electrons. The molecule has 0 aliphatic heterocycles. The van der Waals surface area contributed by atoms with Crippen LogP contribution in [0.2, 0.25) is 0 Å². The van der Waals surface area contributed by atoms with Gasteiger partial charge in [-0.25, -0.2) is 0 Å². The van der Waals surface area contributed by atoms with E-state index in [9.17, 15) is 5.11 Å². The fourth-order valence-electron chi connectivity index (χ4n) is 2.50. The van der Waals surface area contributed by atoms with E-state index < -0.39 is 0 Å². The van der Waals surface area contributed by atoms with Crippen molar-refractivity contribution in [3.05, 3.63) is 34.9 Å². The Labute approximate surface area is 92.1 Å². The van der Waals surface area contributed by atoms with Gasteiger partial charge in [-0.05, 0) is 43.4 Å². The van der Waals surface area contributed by atoms with Gasteiger partial charge in [-0.3, -0.25) is 0 Å². The Morgan fingerprint density at radius 3 is 2.47 bits per heavy atom. The molecule has 0 amide bonds. The third-order valence-electron chi connectivity index (χ3n) is 3.69. The van der Waals surface area contributed by atoms with Crippen molar-refractivity contribution in [3.8, 4) is 0 Å². The Hall–Kier alpha value is -0.820. The molecule has 1 heteroatoms. The SMILES string of the molecule is Cc1ccc(C2CCCCC2O)cc1C. The third-order valence-corrected chi connectivity index (χ3v) is 3.69. The molecule has 1 aliphatic rings. The molecule has 1 aromatic rings. The van der Waals surface area contributed by atoms with Crippen LogP contribution in [0.15, 0.2) is 18.2 Å². The molecule has 1 aliphatic carbocycles. The molecular weight excluding hydrogens is 184 g/mol. The minimum Gasteiger partial charge on any atom is -0.392 e. The first-order valence-corrected chi connectivity index (χ1v) is 5.93. The summed E-state index contributed by atoms with van der Waals surface area (Å²) in [5.74, 6) is 0.373. The lowest BCUT2D eigenvalue weighted by Crippen LogP contribution is -2.22. The Bertz CT molecular complexity index is 343. The van der Waals surface area contributed by atoms with Gasteiger partial charge in [-0.2, -0.15) is 0 Å². The van der Waals surface area contributed by atoms with Crippen LogP contribution in [-0.2, 0) is 0 Å². The van der Waals surface area contributed by atoms with E-state index in [0.717, 1.165) is 12.8 Å². The number of aliphatic hydroxyl groups excluding tert-OH is 1. The second kappa shape index (κ2) is 4.36. The topological polar surface area (TPSA) is 20.2 Å². The highest BCUT2D eigenvalue weighted by Gasteiger charge is 2.24. The molecular formula is C14H20O. The molecule has 2 rings (SSSR count). The van der Waals surface area contributed by atoms with Crippen LogP contribution >= 0.6 is 0 Å². The first-order chi connectivity index (χ1) is 7.18. The molecule has 2 unspecified atom stereocenters. The Kier molecular flexibility index (Phi) is 3.11. The maximum Gasteiger partial charge on any atom is 0.0608 e. The van der Waals surface area contributed by atoms with E-state index in [1.54, 1.807) is 0 Å². The smallest absolute Gasteiger partial charge is 0.0608 e. The van der Waals surface area contributed by atoms with E-state index in [4.69, 9.17) is 0 Å². The molecule has 2 atom stereocenters. The van der Waals surface area contributed by atoms with Gasteiger partial charge in [0.1, 0.15) is 0 Å². The van der Waals surface area contributed by atoms with Gasteiger partial charge in [-0.1, -0.05) is 31.0 Å². The minimum absolute atomic E-state index is 0.124. The fourth-order valence-corrected chi connectivity index (χ4v) is 2.50. The monoisotopic (exact) mass is 204 g/mol. The number of hydrogen-bond acceptors (Lipinski definition) is 1. The summed E-state index contributed by atoms with van der Waals surface area (Å²) in [6.07, 6.45) is 4.43. The molecule has 1 aromatic carbocycles. The van der Waals surface area contributed by atoms with Crippen LogP contribution in [0.5, 0.6) is 0 Å². The van der Waals surface area contributed by atoms with Gasteiger partial charge < -0.3 is 5.11 Å². The highest BCUT2D eigenvalue weighted by molar-refractivity contribution is 5.32. The molecule has 1 saturated carbocycles. The molecule has 0 heterocycles. The summed E-state index contributed by atoms with van der Waals surface area (Å²) in [7, 11) is 0. The Morgan fingerprint density at radius 2 is 1.80 bits per heavy atom. The molecule has 1 fully saturated rings. The van der Waals surface area contributed by atoms with Crippen molar-refractivity contribution < 1.29 is 5.11 Å². The highest BCUT2D eigenvalue weighted by atomic mass is 16.3. The third kappa shape index (κ3) is 2.23. The summed E-state index contributed by atoms with van der Waals surface area (Å²) in [5.41, 5.74) is 4.00. The van der Waals surface area contributed by atoms with Gasteiger partial charge in [0.2, 0.25) is 0 Å². The number of rotatable bonds is 1. The van der Waals surface area contributed by atoms with Crippen LogP contribution in [0.25, 0.3) is 0 Å². The summed E-state index contributed by atoms with van der Waals surface area (Å²) in [5, 5.41) is 9.98. The maximum absolute atomic E-state index is 9.98. The van der Waals surface area contributed by atoms with E-state index in [0.29, 0.717) is 5.92 Å². The zero-order valence-electron chi connectivity index (χ0n) is 9.66. The summed E-state index contributed by atoms with van der Waals surface area (Å²) in [4.78, 5) is 0. The van der Waals surface area contributed by atoms with E-state index >= 15 is 0 Å². The Morgan fingerprint density at radius 1 is 1.07 bits per heavy atom. The van der Waals surface area contributed by atoms with Gasteiger partial charge in [0.15, 0.2) is 0 Å². The summed E-state index contributed by atoms with van der Waals surface area (Å²) >= 11 is 0. The van der Waals surface area contributed by atoms with Crippen molar-refractivity contribution in [2.45, 2.75) is 51.6 Å². The molecule has 0 spiro atoms. The van der Waals surface area contributed by atoms with Crippen LogP contribution in [0, 0.1) is 13.8 Å². The first kappa shape index (κ1) is 10.7. The molecule has 0 radical (unpaired) electrons. The number of benzene rings is 1. The van der Waals surface area contributed by atoms with Crippen molar-refractivity contribution in [2.24, 2.45) is 0 Å². The fraction of sp³-hybridized carbons (Fsp3) is 0.571. The second-order valence-corrected chi connectivity index (χ2v) is 4.80. The lowest BCUT2D eigenvalue weighted by atomic mass is 9.81. The van der Waals surface area contributed by atoms with Gasteiger partial charge in [0.25, 0.3) is 0 Å². The predicted octanol–water partition coefficient (Wildman–Crippen LogP) is 3.32. The Balaban J connectivity index is 2.24. The lowest BCUT2D eigenvalue weighted by Gasteiger charge is -2.28. The van der Waals surface area contributed by atoms with Crippen molar-refractivity contribution in [2.75, 3.05) is 0 Å². The average molecular weight is 204 g/mol. The van der Waals surface area contributed by atoms with Crippen molar-refractivity contribution in [3.63, 3.8) is 0 Å². The molecule has 1 nitrogen and oxygen atoms in total. The molecule has 0 bridgehead atoms. The molecule has 1 N–H and O–H groups in total. The van der Waals surface area contributed by atoms with Crippen LogP contribution in [-0.4, -0.2) is 11.2 Å². The van der Waals surface area contributed by atoms with E-state index in [2.05, 4.69) is 32.0 Å². The summed E-state index contributed by atoms with van der Waals surface area (Å²) in [6.45, 7) is 4.28. The van der Waals surface area contributed by atoms with Crippen LogP contribution < -0.4 is 0 Å². The largest absolute Gasteiger partial charge is 0.392 e. The van der Waals surface area contributed by atoms with Gasteiger partial charge in [0.05, 0.1) is 6.10 Å². The summed E-state index contributed by atoms with van der Waals surface area (Å²) < 4.78 is 0. The molecule has 0 aromatic heterocycles. The van der Waals surface area contributed by atoms with Crippen molar-refractivity contribution >= 4 is 0 Å². The maximum atomic E-state index is 9.98. The zero-order valence-corrected chi connectivity index (χ0v) is 9.66. The van der Waals surface area contributed by atoms with Crippen LogP contribution in [0.3, 0.4) is 0 Å². The van der Waals surface area contributed by atoms with Crippen molar-refractivity contribution in [1.82, 2.24) is 0 Å². The quantitative estimate of drug-likeness (QED) is 0.744. The first-order valence-electron chi connectivity index (χ1n) is 5.93. The van der Waals surface area contributed by atoms with E-state index in [1.165, 1.54) is 29.5 Å². The second-order valence-electron chi connectivity index (χ2n) is 4.80. The van der Waals surface area contributed by atoms with Crippen molar-refractivity contribution in [1.29, 1.82) is 0 Å². The van der Waals surface area contributed by atoms with E-state index in [1.807, 2.05) is 0 Å². The molecule has 0 saturated heterocycles. The molecule has 15 heavy (non-hydrogen) atoms. The normalized spacial score (nSPS) is 26.6. The lowest BCUT2D eigenvalue weighted by molar-refractivity contribution is 0.106. The van der Waals surface area contributed by atoms with E-state index in [-0.39, 0.29) is 6.10 Å². The average Bonchev–Trinajstić information content (AvgIpc) is 2.23. The van der Waals surface area contributed by atoms with Gasteiger partial charge in [-0.15, -0.1) is 0 Å². The number of aliphatic hydroxyl groups is 1. The predicted molar refractivity (Wildman–Crippen MR) is 63.1 cm³/mol. The standard InChI is InChI=1S/C14H20O/c1-10-7-8-12(9-11(10)2)13-5-3-4-6-14(13)15/h7-9,13-15H,3-6H2,1-2H3. The minimum atomic E-state index is -0.124. The highest BCUT2D eigenvalue weighted by Crippen LogP contribution is 2.33. The zero-order chi connectivity index (χ0) is 10.8. The number of hydrogen-bond donors (Lipinski definition) is 1. The van der Waals surface area contributed by atoms with Crippen LogP contribution in [0.1, 0.15) is 48.3 Å². The van der Waals surface area contributed by atoms with Gasteiger partial charge in [0, 0.05) is 5.92 Å².